The van der Waals surface area contributed by atoms with Crippen molar-refractivity contribution in [1.82, 2.24) is 10.6 Å². The van der Waals surface area contributed by atoms with Gasteiger partial charge in [-0.25, -0.2) is 9.98 Å². The first kappa shape index (κ1) is 7.21. The van der Waals surface area contributed by atoms with E-state index in [1.165, 1.54) is 0 Å². The lowest BCUT2D eigenvalue weighted by Crippen LogP contribution is -2.36. The Bertz CT molecular complexity index is 164. The fraction of sp³-hybridized carbons (Fsp3) is 0.667. The molecule has 0 aliphatic carbocycles. The molecule has 1 rings (SSSR count). The third-order valence-electron chi connectivity index (χ3n) is 1.25. The van der Waals surface area contributed by atoms with E-state index in [2.05, 4.69) is 20.6 Å². The SMILES string of the molecule is CNC1N=C(C)NC(C)=N1. The molecule has 0 fully saturated rings. The number of amidine groups is 2. The van der Waals surface area contributed by atoms with E-state index in [9.17, 15) is 0 Å². The van der Waals surface area contributed by atoms with Gasteiger partial charge in [-0.15, -0.1) is 0 Å². The van der Waals surface area contributed by atoms with Gasteiger partial charge in [0.1, 0.15) is 11.7 Å². The number of nitrogens with zero attached hydrogens (tertiary/aromatic N) is 2. The van der Waals surface area contributed by atoms with Crippen molar-refractivity contribution in [3.63, 3.8) is 0 Å². The van der Waals surface area contributed by atoms with Gasteiger partial charge < -0.3 is 5.32 Å². The third kappa shape index (κ3) is 1.54. The molecule has 1 heterocycles. The van der Waals surface area contributed by atoms with Crippen LogP contribution in [0.3, 0.4) is 0 Å². The van der Waals surface area contributed by atoms with Crippen LogP contribution in [0.1, 0.15) is 13.8 Å². The standard InChI is InChI=1S/C6H12N4/c1-4-8-5(2)10-6(7-3)9-4/h6-7H,1-3H3,(H,8,9,10). The first-order valence-corrected chi connectivity index (χ1v) is 3.25. The van der Waals surface area contributed by atoms with Crippen LogP contribution in [0.2, 0.25) is 0 Å². The number of hydrogen-bond acceptors (Lipinski definition) is 4. The van der Waals surface area contributed by atoms with Crippen LogP contribution in [0, 0.1) is 0 Å². The van der Waals surface area contributed by atoms with Crippen molar-refractivity contribution >= 4 is 11.7 Å². The Balaban J connectivity index is 2.67. The first-order chi connectivity index (χ1) is 4.72. The highest BCUT2D eigenvalue weighted by Gasteiger charge is 2.07. The minimum absolute atomic E-state index is 0.0961. The fourth-order valence-electron chi connectivity index (χ4n) is 0.851. The highest BCUT2D eigenvalue weighted by molar-refractivity contribution is 5.99. The van der Waals surface area contributed by atoms with E-state index in [0.717, 1.165) is 11.7 Å². The van der Waals surface area contributed by atoms with Crippen LogP contribution in [0.25, 0.3) is 0 Å². The van der Waals surface area contributed by atoms with Crippen LogP contribution in [0.15, 0.2) is 9.98 Å². The zero-order valence-corrected chi connectivity index (χ0v) is 6.47. The quantitative estimate of drug-likeness (QED) is 0.535. The monoisotopic (exact) mass is 140 g/mol. The number of hydrogen-bond donors (Lipinski definition) is 2. The summed E-state index contributed by atoms with van der Waals surface area (Å²) in [7, 11) is 1.84. The Morgan fingerprint density at radius 2 is 1.80 bits per heavy atom. The maximum absolute atomic E-state index is 4.16. The van der Waals surface area contributed by atoms with E-state index < -0.39 is 0 Å². The molecule has 1 aliphatic rings. The largest absolute Gasteiger partial charge is 0.333 e. The molecule has 10 heavy (non-hydrogen) atoms. The van der Waals surface area contributed by atoms with Crippen LogP contribution in [-0.4, -0.2) is 25.0 Å². The minimum atomic E-state index is -0.0961. The minimum Gasteiger partial charge on any atom is -0.333 e. The van der Waals surface area contributed by atoms with Gasteiger partial charge in [0.15, 0.2) is 6.29 Å². The van der Waals surface area contributed by atoms with Gasteiger partial charge in [-0.05, 0) is 20.9 Å². The maximum atomic E-state index is 4.16. The Labute approximate surface area is 60.4 Å². The maximum Gasteiger partial charge on any atom is 0.197 e. The highest BCUT2D eigenvalue weighted by Crippen LogP contribution is 1.94. The van der Waals surface area contributed by atoms with E-state index >= 15 is 0 Å². The van der Waals surface area contributed by atoms with E-state index in [1.807, 2.05) is 20.9 Å². The van der Waals surface area contributed by atoms with Crippen molar-refractivity contribution in [2.75, 3.05) is 7.05 Å². The number of aliphatic imine (C=N–C) groups is 2. The second-order valence-corrected chi connectivity index (χ2v) is 2.22. The first-order valence-electron chi connectivity index (χ1n) is 3.25. The van der Waals surface area contributed by atoms with Crippen LogP contribution in [0.5, 0.6) is 0 Å². The molecule has 0 unspecified atom stereocenters. The summed E-state index contributed by atoms with van der Waals surface area (Å²) in [4.78, 5) is 8.32. The second kappa shape index (κ2) is 2.79. The summed E-state index contributed by atoms with van der Waals surface area (Å²) in [5.74, 6) is 1.82. The average molecular weight is 140 g/mol. The van der Waals surface area contributed by atoms with Crippen molar-refractivity contribution in [3.05, 3.63) is 0 Å². The molecule has 0 saturated carbocycles. The summed E-state index contributed by atoms with van der Waals surface area (Å²) in [6, 6.07) is 0. The van der Waals surface area contributed by atoms with Crippen molar-refractivity contribution < 1.29 is 0 Å². The molecule has 0 saturated heterocycles. The summed E-state index contributed by atoms with van der Waals surface area (Å²) in [5.41, 5.74) is 0. The van der Waals surface area contributed by atoms with Crippen molar-refractivity contribution in [2.45, 2.75) is 20.1 Å². The average Bonchev–Trinajstić information content (AvgIpc) is 1.85. The lowest BCUT2D eigenvalue weighted by Gasteiger charge is -2.16. The molecule has 0 radical (unpaired) electrons. The Morgan fingerprint density at radius 3 is 2.20 bits per heavy atom. The van der Waals surface area contributed by atoms with Gasteiger partial charge in [-0.1, -0.05) is 0 Å². The van der Waals surface area contributed by atoms with Crippen molar-refractivity contribution in [3.8, 4) is 0 Å². The van der Waals surface area contributed by atoms with Crippen LogP contribution >= 0.6 is 0 Å². The van der Waals surface area contributed by atoms with E-state index in [0.29, 0.717) is 0 Å². The highest BCUT2D eigenvalue weighted by atomic mass is 15.3. The topological polar surface area (TPSA) is 48.8 Å². The van der Waals surface area contributed by atoms with Gasteiger partial charge in [0, 0.05) is 0 Å². The van der Waals surface area contributed by atoms with Crippen molar-refractivity contribution in [1.29, 1.82) is 0 Å². The van der Waals surface area contributed by atoms with E-state index in [4.69, 9.17) is 0 Å². The zero-order valence-electron chi connectivity index (χ0n) is 6.47. The lowest BCUT2D eigenvalue weighted by molar-refractivity contribution is 0.604. The Morgan fingerprint density at radius 1 is 1.30 bits per heavy atom. The van der Waals surface area contributed by atoms with Crippen LogP contribution in [0.4, 0.5) is 0 Å². The number of nitrogens with one attached hydrogen (secondary N) is 2. The van der Waals surface area contributed by atoms with Gasteiger partial charge >= 0.3 is 0 Å². The molecule has 0 atom stereocenters. The molecule has 0 amide bonds. The summed E-state index contributed by atoms with van der Waals surface area (Å²) >= 11 is 0. The van der Waals surface area contributed by atoms with Gasteiger partial charge in [0.05, 0.1) is 0 Å². The molecule has 0 aromatic rings. The number of rotatable bonds is 1. The molecule has 1 aliphatic heterocycles. The summed E-state index contributed by atoms with van der Waals surface area (Å²) in [5, 5.41) is 5.95. The molecule has 0 spiro atoms. The predicted octanol–water partition coefficient (Wildman–Crippen LogP) is -0.0706. The fourth-order valence-corrected chi connectivity index (χ4v) is 0.851. The summed E-state index contributed by atoms with van der Waals surface area (Å²) in [6.45, 7) is 3.84. The molecular formula is C6H12N4. The summed E-state index contributed by atoms with van der Waals surface area (Å²) in [6.07, 6.45) is -0.0961. The Kier molecular flexibility index (Phi) is 2.01. The van der Waals surface area contributed by atoms with E-state index in [1.54, 1.807) is 0 Å². The van der Waals surface area contributed by atoms with Crippen molar-refractivity contribution in [2.24, 2.45) is 9.98 Å². The van der Waals surface area contributed by atoms with E-state index in [-0.39, 0.29) is 6.29 Å². The third-order valence-corrected chi connectivity index (χ3v) is 1.25. The van der Waals surface area contributed by atoms with Gasteiger partial charge in [0.25, 0.3) is 0 Å². The molecule has 0 aromatic carbocycles. The molecule has 2 N–H and O–H groups in total. The lowest BCUT2D eigenvalue weighted by atomic mass is 10.5. The zero-order chi connectivity index (χ0) is 7.56. The van der Waals surface area contributed by atoms with Crippen LogP contribution < -0.4 is 10.6 Å². The normalized spacial score (nSPS) is 19.5. The molecule has 0 bridgehead atoms. The van der Waals surface area contributed by atoms with Gasteiger partial charge in [-0.2, -0.15) is 0 Å². The molecule has 4 nitrogen and oxygen atoms in total. The van der Waals surface area contributed by atoms with Crippen LogP contribution in [-0.2, 0) is 0 Å². The predicted molar refractivity (Wildman–Crippen MR) is 42.2 cm³/mol. The molecule has 0 aromatic heterocycles. The molecule has 56 valence electrons. The second-order valence-electron chi connectivity index (χ2n) is 2.22. The Hall–Kier alpha value is -0.900. The summed E-state index contributed by atoms with van der Waals surface area (Å²) < 4.78 is 0. The molecule has 4 heteroatoms. The smallest absolute Gasteiger partial charge is 0.197 e. The van der Waals surface area contributed by atoms with Gasteiger partial charge in [-0.3, -0.25) is 5.32 Å². The molecular weight excluding hydrogens is 128 g/mol. The van der Waals surface area contributed by atoms with Gasteiger partial charge in [0.2, 0.25) is 0 Å².